The van der Waals surface area contributed by atoms with E-state index >= 15 is 0 Å². The van der Waals surface area contributed by atoms with Gasteiger partial charge in [0.25, 0.3) is 0 Å². The molecular formula is C12H15F2NO. The fourth-order valence-corrected chi connectivity index (χ4v) is 1.45. The van der Waals surface area contributed by atoms with Crippen LogP contribution in [0.5, 0.6) is 0 Å². The van der Waals surface area contributed by atoms with Gasteiger partial charge in [-0.2, -0.15) is 0 Å². The van der Waals surface area contributed by atoms with Crippen LogP contribution in [0.2, 0.25) is 0 Å². The molecule has 0 saturated carbocycles. The van der Waals surface area contributed by atoms with E-state index in [9.17, 15) is 13.6 Å². The highest BCUT2D eigenvalue weighted by molar-refractivity contribution is 5.73. The lowest BCUT2D eigenvalue weighted by Crippen LogP contribution is -2.37. The first-order valence-corrected chi connectivity index (χ1v) is 5.12. The van der Waals surface area contributed by atoms with Gasteiger partial charge in [-0.1, -0.05) is 12.1 Å². The molecule has 0 radical (unpaired) electrons. The second-order valence-electron chi connectivity index (χ2n) is 3.78. The number of rotatable bonds is 4. The summed E-state index contributed by atoms with van der Waals surface area (Å²) in [5, 5.41) is 0. The van der Waals surface area contributed by atoms with Crippen LogP contribution in [-0.4, -0.2) is 23.5 Å². The highest BCUT2D eigenvalue weighted by Gasteiger charge is 2.16. The number of carbonyl (C=O) groups excluding carboxylic acids is 1. The lowest BCUT2D eigenvalue weighted by molar-refractivity contribution is -0.131. The van der Waals surface area contributed by atoms with Gasteiger partial charge in [0.05, 0.1) is 6.04 Å². The third kappa shape index (κ3) is 3.29. The van der Waals surface area contributed by atoms with E-state index in [1.54, 1.807) is 19.1 Å². The van der Waals surface area contributed by atoms with Crippen LogP contribution in [0.4, 0.5) is 8.78 Å². The largest absolute Gasteiger partial charge is 0.333 e. The highest BCUT2D eigenvalue weighted by Crippen LogP contribution is 2.10. The maximum absolute atomic E-state index is 12.7. The van der Waals surface area contributed by atoms with Crippen LogP contribution in [0.15, 0.2) is 24.3 Å². The lowest BCUT2D eigenvalue weighted by atomic mass is 10.2. The number of carbonyl (C=O) groups is 1. The van der Waals surface area contributed by atoms with E-state index in [0.717, 1.165) is 5.56 Å². The maximum atomic E-state index is 12.7. The first-order chi connectivity index (χ1) is 7.54. The Kier molecular flexibility index (Phi) is 4.40. The summed E-state index contributed by atoms with van der Waals surface area (Å²) in [4.78, 5) is 12.7. The van der Waals surface area contributed by atoms with Crippen LogP contribution in [-0.2, 0) is 11.3 Å². The molecule has 1 aromatic rings. The van der Waals surface area contributed by atoms with Crippen molar-refractivity contribution in [3.8, 4) is 0 Å². The van der Waals surface area contributed by atoms with Gasteiger partial charge in [0, 0.05) is 13.5 Å². The van der Waals surface area contributed by atoms with Gasteiger partial charge in [-0.25, -0.2) is 8.78 Å². The number of hydrogen-bond acceptors (Lipinski definition) is 1. The zero-order valence-electron chi connectivity index (χ0n) is 9.41. The second-order valence-corrected chi connectivity index (χ2v) is 3.78. The van der Waals surface area contributed by atoms with Gasteiger partial charge in [0.1, 0.15) is 12.5 Å². The number of nitrogens with zero attached hydrogens (tertiary/aromatic N) is 1. The van der Waals surface area contributed by atoms with Crippen molar-refractivity contribution >= 4 is 5.91 Å². The number of halogens is 2. The Balaban J connectivity index is 2.75. The smallest absolute Gasteiger partial charge is 0.220 e. The van der Waals surface area contributed by atoms with Crippen LogP contribution in [0, 0.1) is 5.82 Å². The summed E-state index contributed by atoms with van der Waals surface area (Å²) < 4.78 is 25.2. The van der Waals surface area contributed by atoms with Crippen LogP contribution in [0.25, 0.3) is 0 Å². The monoisotopic (exact) mass is 227 g/mol. The third-order valence-electron chi connectivity index (χ3n) is 2.43. The summed E-state index contributed by atoms with van der Waals surface area (Å²) in [6.45, 7) is 2.77. The predicted octanol–water partition coefficient (Wildman–Crippen LogP) is 2.53. The van der Waals surface area contributed by atoms with Crippen molar-refractivity contribution in [2.24, 2.45) is 0 Å². The minimum Gasteiger partial charge on any atom is -0.333 e. The van der Waals surface area contributed by atoms with Gasteiger partial charge in [-0.05, 0) is 24.6 Å². The molecule has 0 unspecified atom stereocenters. The van der Waals surface area contributed by atoms with Crippen molar-refractivity contribution in [2.75, 3.05) is 6.67 Å². The van der Waals surface area contributed by atoms with Gasteiger partial charge < -0.3 is 4.90 Å². The minimum atomic E-state index is -0.583. The SMILES string of the molecule is CC(=O)N(Cc1ccc(F)cc1)[C@@H](C)CF. The van der Waals surface area contributed by atoms with Crippen LogP contribution < -0.4 is 0 Å². The van der Waals surface area contributed by atoms with E-state index in [1.165, 1.54) is 24.0 Å². The van der Waals surface area contributed by atoms with E-state index in [0.29, 0.717) is 6.54 Å². The molecule has 0 saturated heterocycles. The summed E-state index contributed by atoms with van der Waals surface area (Å²) in [5.41, 5.74) is 0.789. The van der Waals surface area contributed by atoms with Crippen LogP contribution in [0.1, 0.15) is 19.4 Å². The molecular weight excluding hydrogens is 212 g/mol. The van der Waals surface area contributed by atoms with Gasteiger partial charge in [-0.3, -0.25) is 4.79 Å². The van der Waals surface area contributed by atoms with Gasteiger partial charge >= 0.3 is 0 Å². The third-order valence-corrected chi connectivity index (χ3v) is 2.43. The highest BCUT2D eigenvalue weighted by atomic mass is 19.1. The first kappa shape index (κ1) is 12.6. The molecule has 0 N–H and O–H groups in total. The van der Waals surface area contributed by atoms with Gasteiger partial charge in [-0.15, -0.1) is 0 Å². The van der Waals surface area contributed by atoms with E-state index in [2.05, 4.69) is 0 Å². The van der Waals surface area contributed by atoms with Crippen molar-refractivity contribution in [3.05, 3.63) is 35.6 Å². The Labute approximate surface area is 93.9 Å². The maximum Gasteiger partial charge on any atom is 0.220 e. The normalized spacial score (nSPS) is 12.2. The summed E-state index contributed by atoms with van der Waals surface area (Å²) in [7, 11) is 0. The molecule has 1 rings (SSSR count). The molecule has 16 heavy (non-hydrogen) atoms. The molecule has 0 heterocycles. The molecule has 0 aromatic heterocycles. The Morgan fingerprint density at radius 1 is 1.38 bits per heavy atom. The summed E-state index contributed by atoms with van der Waals surface area (Å²) in [5.74, 6) is -0.508. The van der Waals surface area contributed by atoms with E-state index in [1.807, 2.05) is 0 Å². The molecule has 4 heteroatoms. The molecule has 1 amide bonds. The van der Waals surface area contributed by atoms with Gasteiger partial charge in [0.15, 0.2) is 0 Å². The summed E-state index contributed by atoms with van der Waals surface area (Å²) >= 11 is 0. The molecule has 0 aliphatic carbocycles. The quantitative estimate of drug-likeness (QED) is 0.774. The number of amides is 1. The molecule has 0 spiro atoms. The molecule has 2 nitrogen and oxygen atoms in total. The van der Waals surface area contributed by atoms with E-state index in [4.69, 9.17) is 0 Å². The zero-order valence-corrected chi connectivity index (χ0v) is 9.41. The molecule has 1 atom stereocenters. The Bertz CT molecular complexity index is 351. The fraction of sp³-hybridized carbons (Fsp3) is 0.417. The van der Waals surface area contributed by atoms with Crippen molar-refractivity contribution < 1.29 is 13.6 Å². The predicted molar refractivity (Wildman–Crippen MR) is 58.1 cm³/mol. The second kappa shape index (κ2) is 5.58. The van der Waals surface area contributed by atoms with Crippen LogP contribution >= 0.6 is 0 Å². The average molecular weight is 227 g/mol. The van der Waals surface area contributed by atoms with Crippen molar-refractivity contribution in [1.29, 1.82) is 0 Å². The fourth-order valence-electron chi connectivity index (χ4n) is 1.45. The van der Waals surface area contributed by atoms with Crippen LogP contribution in [0.3, 0.4) is 0 Å². The molecule has 0 aliphatic heterocycles. The minimum absolute atomic E-state index is 0.186. The van der Waals surface area contributed by atoms with Crippen molar-refractivity contribution in [2.45, 2.75) is 26.4 Å². The average Bonchev–Trinajstić information content (AvgIpc) is 2.27. The van der Waals surface area contributed by atoms with E-state index < -0.39 is 12.7 Å². The Morgan fingerprint density at radius 2 is 1.94 bits per heavy atom. The van der Waals surface area contributed by atoms with Crippen molar-refractivity contribution in [3.63, 3.8) is 0 Å². The summed E-state index contributed by atoms with van der Waals surface area (Å²) in [6.07, 6.45) is 0. The van der Waals surface area contributed by atoms with Crippen molar-refractivity contribution in [1.82, 2.24) is 4.90 Å². The topological polar surface area (TPSA) is 20.3 Å². The first-order valence-electron chi connectivity index (χ1n) is 5.12. The number of alkyl halides is 1. The van der Waals surface area contributed by atoms with E-state index in [-0.39, 0.29) is 11.7 Å². The molecule has 0 aliphatic rings. The standard InChI is InChI=1S/C12H15F2NO/c1-9(7-13)15(10(2)16)8-11-3-5-12(14)6-4-11/h3-6,9H,7-8H2,1-2H3/t9-/m0/s1. The molecule has 88 valence electrons. The lowest BCUT2D eigenvalue weighted by Gasteiger charge is -2.26. The molecule has 0 bridgehead atoms. The van der Waals surface area contributed by atoms with Gasteiger partial charge in [0.2, 0.25) is 5.91 Å². The molecule has 0 fully saturated rings. The Morgan fingerprint density at radius 3 is 2.38 bits per heavy atom. The number of hydrogen-bond donors (Lipinski definition) is 0. The Hall–Kier alpha value is -1.45. The summed E-state index contributed by atoms with van der Waals surface area (Å²) in [6, 6.07) is 5.39. The zero-order chi connectivity index (χ0) is 12.1. The molecule has 1 aromatic carbocycles. The number of benzene rings is 1.